The number of halogens is 1. The van der Waals surface area contributed by atoms with E-state index in [0.717, 1.165) is 168 Å². The molecule has 1 aliphatic carbocycles. The van der Waals surface area contributed by atoms with E-state index in [-0.39, 0.29) is 75.9 Å². The molecule has 25 heteroatoms. The number of aryl methyl sites for hydroxylation is 1. The Morgan fingerprint density at radius 1 is 0.791 bits per heavy atom. The number of piperazine rings is 1. The van der Waals surface area contributed by atoms with Gasteiger partial charge in [-0.15, -0.1) is 23.1 Å². The predicted octanol–water partition coefficient (Wildman–Crippen LogP) is 12.6. The number of benzene rings is 5. The molecule has 5 aromatic carbocycles. The molecular formula is C85H112ClN9O11S4. The van der Waals surface area contributed by atoms with Gasteiger partial charge in [0.25, 0.3) is 0 Å². The number of carbonyl (C=O) groups excluding carboxylic acids is 5. The molecule has 20 nitrogen and oxygen atoms in total. The van der Waals surface area contributed by atoms with Crippen LogP contribution in [-0.2, 0) is 50.0 Å². The van der Waals surface area contributed by atoms with Crippen LogP contribution in [-0.4, -0.2) is 210 Å². The molecule has 0 radical (unpaired) electrons. The molecule has 7 atom stereocenters. The van der Waals surface area contributed by atoms with Crippen molar-refractivity contribution in [3.63, 3.8) is 0 Å². The van der Waals surface area contributed by atoms with Gasteiger partial charge in [-0.2, -0.15) is 0 Å². The van der Waals surface area contributed by atoms with Gasteiger partial charge in [0.05, 0.1) is 51.2 Å². The number of hydrogen-bond acceptors (Lipinski definition) is 18. The van der Waals surface area contributed by atoms with Crippen LogP contribution in [0.2, 0.25) is 5.02 Å². The molecule has 0 bridgehead atoms. The van der Waals surface area contributed by atoms with Crippen LogP contribution < -0.4 is 20.9 Å². The average molecular weight is 1600 g/mol. The monoisotopic (exact) mass is 1600 g/mol. The van der Waals surface area contributed by atoms with Crippen molar-refractivity contribution in [1.82, 2.24) is 40.5 Å². The third kappa shape index (κ3) is 23.4. The first-order valence-corrected chi connectivity index (χ1v) is 45.0. The number of amides is 4. The number of rotatable bonds is 33. The van der Waals surface area contributed by atoms with E-state index in [0.29, 0.717) is 49.5 Å². The number of allylic oxidation sites excluding steroid dienone is 1. The number of aliphatic hydroxyl groups excluding tert-OH is 1. The Morgan fingerprint density at radius 3 is 2.15 bits per heavy atom. The number of nitrogens with one attached hydrogen (secondary N) is 3. The largest absolute Gasteiger partial charge is 0.391 e. The van der Waals surface area contributed by atoms with Crippen molar-refractivity contribution in [1.29, 1.82) is 0 Å². The summed E-state index contributed by atoms with van der Waals surface area (Å²) >= 11 is 9.73. The third-order valence-electron chi connectivity index (χ3n) is 22.5. The molecule has 11 rings (SSSR count). The van der Waals surface area contributed by atoms with Gasteiger partial charge in [0.2, 0.25) is 23.6 Å². The van der Waals surface area contributed by atoms with Crippen LogP contribution in [0, 0.1) is 23.7 Å². The smallest absolute Gasteiger partial charge is 0.246 e. The summed E-state index contributed by atoms with van der Waals surface area (Å²) in [4.78, 5) is 86.5. The second-order valence-electron chi connectivity index (χ2n) is 32.5. The summed E-state index contributed by atoms with van der Waals surface area (Å²) in [6.07, 6.45) is 9.85. The molecule has 5 aliphatic rings. The number of thiazole rings is 1. The Hall–Kier alpha value is -6.84. The highest BCUT2D eigenvalue weighted by Crippen LogP contribution is 2.45. The number of β-amino-alcohol motifs (C(OH)–C–C–N with tert-alkyl or cyclic N) is 1. The zero-order valence-electron chi connectivity index (χ0n) is 65.0. The first kappa shape index (κ1) is 84.1. The van der Waals surface area contributed by atoms with E-state index in [1.807, 2.05) is 107 Å². The van der Waals surface area contributed by atoms with Gasteiger partial charge in [0.1, 0.15) is 17.8 Å². The lowest BCUT2D eigenvalue weighted by Gasteiger charge is -2.44. The van der Waals surface area contributed by atoms with E-state index >= 15 is 0 Å². The molecule has 4 amide bonds. The summed E-state index contributed by atoms with van der Waals surface area (Å²) in [6, 6.07) is 35.6. The molecule has 0 saturated carbocycles. The van der Waals surface area contributed by atoms with E-state index < -0.39 is 60.7 Å². The van der Waals surface area contributed by atoms with Crippen molar-refractivity contribution < 1.29 is 50.7 Å². The summed E-state index contributed by atoms with van der Waals surface area (Å²) < 4.78 is 60.5. The highest BCUT2D eigenvalue weighted by molar-refractivity contribution is 7.99. The van der Waals surface area contributed by atoms with Gasteiger partial charge >= 0.3 is 0 Å². The number of sulfone groups is 2. The fourth-order valence-corrected chi connectivity index (χ4v) is 20.6. The first-order valence-electron chi connectivity index (χ1n) is 39.2. The number of nitrogens with zero attached hydrogens (tertiary/aromatic N) is 6. The van der Waals surface area contributed by atoms with Crippen molar-refractivity contribution in [2.24, 2.45) is 16.7 Å². The van der Waals surface area contributed by atoms with Crippen LogP contribution in [0.5, 0.6) is 0 Å². The quantitative estimate of drug-likeness (QED) is 0.0170. The lowest BCUT2D eigenvalue weighted by Crippen LogP contribution is -2.57. The van der Waals surface area contributed by atoms with Gasteiger partial charge in [-0.25, -0.2) is 21.8 Å². The second-order valence-corrected chi connectivity index (χ2v) is 38.8. The molecule has 5 heterocycles. The number of morpholine rings is 1. The van der Waals surface area contributed by atoms with Crippen LogP contribution in [0.25, 0.3) is 16.0 Å². The number of aromatic nitrogens is 1. The number of ketones is 1. The minimum atomic E-state index is -4.23. The molecule has 4 fully saturated rings. The lowest BCUT2D eigenvalue weighted by molar-refractivity contribution is -0.144. The Kier molecular flexibility index (Phi) is 29.3. The fourth-order valence-electron chi connectivity index (χ4n) is 16.3. The number of ether oxygens (including phenoxy) is 1. The van der Waals surface area contributed by atoms with E-state index in [2.05, 4.69) is 71.7 Å². The molecule has 4 aliphatic heterocycles. The van der Waals surface area contributed by atoms with Crippen molar-refractivity contribution in [2.75, 3.05) is 114 Å². The van der Waals surface area contributed by atoms with Gasteiger partial charge in [-0.1, -0.05) is 118 Å². The molecular weight excluding hydrogens is 1490 g/mol. The number of aliphatic hydroxyl groups is 1. The Balaban J connectivity index is 0.615. The molecule has 110 heavy (non-hydrogen) atoms. The van der Waals surface area contributed by atoms with E-state index in [1.165, 1.54) is 33.7 Å². The molecule has 594 valence electrons. The summed E-state index contributed by atoms with van der Waals surface area (Å²) in [5.41, 5.74) is 9.83. The summed E-state index contributed by atoms with van der Waals surface area (Å²) in [7, 11) is -8.07. The SMILES string of the molecule is Cc1ncsc1-c1ccc([C@H](C)NC(=O)[C@@H]2C[C@@H](O)CN2C(=O)[C@@H](NC(=O)CCCCCCC(=O)N[C@@H]2CCCN(CC3(C)CCC(c4ccc(Cl)cc4)=C(CN4CCN(c5ccc(C(=O)CS(=O)(=O)c6ccc(C[C@H](CCN7CCOCC7)CSc7ccccc7)c(S(C)(=O)=O)c6)cc5)CC4)C3)C2)C(C)(C)C)cc1. The summed E-state index contributed by atoms with van der Waals surface area (Å²) in [5.74, 6) is -1.49. The second kappa shape index (κ2) is 38.3. The number of piperidine rings is 1. The van der Waals surface area contributed by atoms with Crippen molar-refractivity contribution in [3.8, 4) is 10.4 Å². The minimum Gasteiger partial charge on any atom is -0.391 e. The van der Waals surface area contributed by atoms with Gasteiger partial charge in [0.15, 0.2) is 25.5 Å². The van der Waals surface area contributed by atoms with E-state index in [4.69, 9.17) is 16.3 Å². The number of carbonyl (C=O) groups is 5. The van der Waals surface area contributed by atoms with Gasteiger partial charge in [0, 0.05) is 124 Å². The molecule has 1 aromatic heterocycles. The van der Waals surface area contributed by atoms with Gasteiger partial charge in [-0.05, 0) is 190 Å². The maximum Gasteiger partial charge on any atom is 0.246 e. The lowest BCUT2D eigenvalue weighted by atomic mass is 9.71. The highest BCUT2D eigenvalue weighted by Gasteiger charge is 2.45. The number of hydrogen-bond donors (Lipinski definition) is 4. The number of Topliss-reactive ketones (excluding diaryl/α,β-unsaturated/α-hetero) is 1. The molecule has 1 unspecified atom stereocenters. The van der Waals surface area contributed by atoms with E-state index in [9.17, 15) is 45.9 Å². The normalized spacial score (nSPS) is 20.8. The first-order chi connectivity index (χ1) is 52.5. The van der Waals surface area contributed by atoms with Gasteiger partial charge < -0.3 is 40.5 Å². The van der Waals surface area contributed by atoms with Crippen LogP contribution >= 0.6 is 34.7 Å². The van der Waals surface area contributed by atoms with Crippen molar-refractivity contribution >= 4 is 95.0 Å². The summed E-state index contributed by atoms with van der Waals surface area (Å²) in [5, 5.41) is 20.9. The van der Waals surface area contributed by atoms with Crippen LogP contribution in [0.1, 0.15) is 157 Å². The van der Waals surface area contributed by atoms with Gasteiger partial charge in [-0.3, -0.25) is 33.8 Å². The zero-order valence-corrected chi connectivity index (χ0v) is 69.0. The van der Waals surface area contributed by atoms with Crippen molar-refractivity contribution in [3.05, 3.63) is 165 Å². The maximum atomic E-state index is 14.3. The molecule has 6 aromatic rings. The van der Waals surface area contributed by atoms with Crippen LogP contribution in [0.15, 0.2) is 147 Å². The van der Waals surface area contributed by atoms with Crippen LogP contribution in [0.3, 0.4) is 0 Å². The standard InChI is InChI=1S/C85H112ClN9O11S4/c1-59(62-21-23-65(24-22-62)80-60(2)87-58-108-80)88-82(100)75-49-71(96)54-95(75)83(101)81(84(3,4)5)90-79(99)20-14-9-8-13-19-78(98)89-69-16-15-38-93(53-69)57-85(6)37-35-74(63-25-30-68(86)31-26-63)67(51-85)52-92-40-42-94(43-41-92)70-32-27-64(28-33-70)76(97)56-110(104,105)73-34-29-66(77(50-73)109(7,102)103)48-61(36-39-91-44-46-106-47-45-91)55-107-72-17-11-10-12-18-72/h10-12,17-18,21-34,50,58-59,61,69,71,75,81,96H,8-9,13-16,19-20,35-49,51-57H2,1-7H3,(H,88,100)(H,89,98)(H,90,99)/t59-,61-,69+,71+,75-,81+,85?/m0/s1. The maximum absolute atomic E-state index is 14.3. The molecule has 4 N–H and O–H groups in total. The number of likely N-dealkylation sites (tertiary alicyclic amines) is 2. The number of thioether (sulfide) groups is 1. The van der Waals surface area contributed by atoms with Crippen LogP contribution in [0.4, 0.5) is 5.69 Å². The Morgan fingerprint density at radius 2 is 1.48 bits per heavy atom. The fraction of sp³-hybridized carbons (Fsp3) is 0.529. The molecule has 4 saturated heterocycles. The van der Waals surface area contributed by atoms with E-state index in [1.54, 1.807) is 41.3 Å². The minimum absolute atomic E-state index is 0.00585. The Bertz CT molecular complexity index is 4390. The number of unbranched alkanes of at least 4 members (excludes halogenated alkanes) is 3. The Labute approximate surface area is 665 Å². The summed E-state index contributed by atoms with van der Waals surface area (Å²) in [6.45, 7) is 22.5. The predicted molar refractivity (Wildman–Crippen MR) is 439 cm³/mol. The topological polar surface area (TPSA) is 248 Å². The highest BCUT2D eigenvalue weighted by atomic mass is 35.5. The van der Waals surface area contributed by atoms with Crippen molar-refractivity contribution in [2.45, 2.75) is 176 Å². The average Bonchev–Trinajstić information content (AvgIpc) is 0.906. The number of anilines is 1. The molecule has 0 spiro atoms. The zero-order chi connectivity index (χ0) is 78.3. The third-order valence-corrected chi connectivity index (χ3v) is 27.8.